The molecule has 100 valence electrons. The highest BCUT2D eigenvalue weighted by Gasteiger charge is 2.20. The van der Waals surface area contributed by atoms with Gasteiger partial charge < -0.3 is 14.8 Å². The zero-order chi connectivity index (χ0) is 13.5. The molecule has 1 unspecified atom stereocenters. The smallest absolute Gasteiger partial charge is 0.323 e. The fourth-order valence-electron chi connectivity index (χ4n) is 1.75. The van der Waals surface area contributed by atoms with Crippen LogP contribution in [-0.2, 0) is 16.0 Å². The molecule has 0 spiro atoms. The largest absolute Gasteiger partial charge is 0.497 e. The zero-order valence-electron chi connectivity index (χ0n) is 11.4. The summed E-state index contributed by atoms with van der Waals surface area (Å²) in [6, 6.07) is 7.60. The van der Waals surface area contributed by atoms with Crippen molar-refractivity contribution in [3.8, 4) is 5.75 Å². The van der Waals surface area contributed by atoms with E-state index in [9.17, 15) is 4.79 Å². The number of rotatable bonds is 6. The van der Waals surface area contributed by atoms with Crippen molar-refractivity contribution in [1.82, 2.24) is 5.32 Å². The molecule has 0 saturated carbocycles. The van der Waals surface area contributed by atoms with Crippen LogP contribution in [-0.4, -0.2) is 32.3 Å². The van der Waals surface area contributed by atoms with Crippen LogP contribution in [0.15, 0.2) is 24.3 Å². The van der Waals surface area contributed by atoms with Crippen molar-refractivity contribution in [2.24, 2.45) is 0 Å². The molecular formula is C14H21NO3. The van der Waals surface area contributed by atoms with E-state index >= 15 is 0 Å². The van der Waals surface area contributed by atoms with Crippen LogP contribution in [0.25, 0.3) is 0 Å². The number of carbonyl (C=O) groups is 1. The fraction of sp³-hybridized carbons (Fsp3) is 0.500. The first-order valence-corrected chi connectivity index (χ1v) is 6.03. The minimum absolute atomic E-state index is 0.229. The molecule has 0 amide bonds. The maximum absolute atomic E-state index is 11.7. The summed E-state index contributed by atoms with van der Waals surface area (Å²) in [6.07, 6.45) is 0.606. The molecule has 1 aromatic rings. The average Bonchev–Trinajstić information content (AvgIpc) is 2.37. The lowest BCUT2D eigenvalue weighted by atomic mass is 10.1. The van der Waals surface area contributed by atoms with Crippen LogP contribution in [0.3, 0.4) is 0 Å². The molecule has 0 saturated heterocycles. The van der Waals surface area contributed by atoms with E-state index in [1.54, 1.807) is 7.11 Å². The number of nitrogens with one attached hydrogen (secondary N) is 1. The minimum Gasteiger partial charge on any atom is -0.497 e. The van der Waals surface area contributed by atoms with Gasteiger partial charge in [0.2, 0.25) is 0 Å². The van der Waals surface area contributed by atoms with Crippen molar-refractivity contribution in [3.63, 3.8) is 0 Å². The van der Waals surface area contributed by atoms with Crippen LogP contribution in [0.2, 0.25) is 0 Å². The van der Waals surface area contributed by atoms with Crippen LogP contribution in [0, 0.1) is 0 Å². The van der Waals surface area contributed by atoms with E-state index in [-0.39, 0.29) is 18.1 Å². The van der Waals surface area contributed by atoms with Gasteiger partial charge in [0.25, 0.3) is 0 Å². The van der Waals surface area contributed by atoms with Gasteiger partial charge in [0, 0.05) is 6.04 Å². The Morgan fingerprint density at radius 2 is 1.83 bits per heavy atom. The molecule has 0 aromatic heterocycles. The molecule has 18 heavy (non-hydrogen) atoms. The lowest BCUT2D eigenvalue weighted by Crippen LogP contribution is -2.43. The van der Waals surface area contributed by atoms with Gasteiger partial charge in [0.1, 0.15) is 11.8 Å². The summed E-state index contributed by atoms with van der Waals surface area (Å²) >= 11 is 0. The Hall–Kier alpha value is -1.55. The van der Waals surface area contributed by atoms with Gasteiger partial charge in [-0.15, -0.1) is 0 Å². The van der Waals surface area contributed by atoms with Gasteiger partial charge in [0.05, 0.1) is 14.2 Å². The van der Waals surface area contributed by atoms with Crippen LogP contribution >= 0.6 is 0 Å². The van der Waals surface area contributed by atoms with E-state index in [0.29, 0.717) is 6.42 Å². The maximum Gasteiger partial charge on any atom is 0.323 e. The SMILES string of the molecule is COC(=O)C(Cc1ccc(OC)cc1)NC(C)C. The summed E-state index contributed by atoms with van der Waals surface area (Å²) in [4.78, 5) is 11.7. The van der Waals surface area contributed by atoms with E-state index in [0.717, 1.165) is 11.3 Å². The van der Waals surface area contributed by atoms with Gasteiger partial charge >= 0.3 is 5.97 Å². The predicted molar refractivity (Wildman–Crippen MR) is 70.8 cm³/mol. The highest BCUT2D eigenvalue weighted by Crippen LogP contribution is 2.13. The van der Waals surface area contributed by atoms with Gasteiger partial charge in [-0.05, 0) is 24.1 Å². The van der Waals surface area contributed by atoms with Gasteiger partial charge in [0.15, 0.2) is 0 Å². The Balaban J connectivity index is 2.72. The number of methoxy groups -OCH3 is 2. The van der Waals surface area contributed by atoms with Crippen molar-refractivity contribution in [2.45, 2.75) is 32.4 Å². The van der Waals surface area contributed by atoms with E-state index in [4.69, 9.17) is 9.47 Å². The molecule has 1 N–H and O–H groups in total. The first-order valence-electron chi connectivity index (χ1n) is 6.03. The molecule has 4 nitrogen and oxygen atoms in total. The maximum atomic E-state index is 11.7. The van der Waals surface area contributed by atoms with Crippen LogP contribution in [0.4, 0.5) is 0 Å². The third-order valence-electron chi connectivity index (χ3n) is 2.62. The second-order valence-corrected chi connectivity index (χ2v) is 4.45. The Morgan fingerprint density at radius 1 is 1.22 bits per heavy atom. The minimum atomic E-state index is -0.316. The number of benzene rings is 1. The van der Waals surface area contributed by atoms with Gasteiger partial charge in [-0.1, -0.05) is 26.0 Å². The van der Waals surface area contributed by atoms with E-state index < -0.39 is 0 Å². The second-order valence-electron chi connectivity index (χ2n) is 4.45. The highest BCUT2D eigenvalue weighted by molar-refractivity contribution is 5.76. The molecular weight excluding hydrogens is 230 g/mol. The van der Waals surface area contributed by atoms with Crippen molar-refractivity contribution in [3.05, 3.63) is 29.8 Å². The molecule has 0 fully saturated rings. The lowest BCUT2D eigenvalue weighted by molar-refractivity contribution is -0.143. The van der Waals surface area contributed by atoms with Crippen molar-refractivity contribution in [1.29, 1.82) is 0 Å². The number of hydrogen-bond acceptors (Lipinski definition) is 4. The monoisotopic (exact) mass is 251 g/mol. The summed E-state index contributed by atoms with van der Waals surface area (Å²) in [5.74, 6) is 0.574. The van der Waals surface area contributed by atoms with Crippen molar-refractivity contribution in [2.75, 3.05) is 14.2 Å². The molecule has 0 bridgehead atoms. The molecule has 0 aliphatic carbocycles. The first kappa shape index (κ1) is 14.5. The molecule has 1 atom stereocenters. The van der Waals surface area contributed by atoms with Gasteiger partial charge in [-0.2, -0.15) is 0 Å². The van der Waals surface area contributed by atoms with E-state index in [1.807, 2.05) is 38.1 Å². The first-order chi connectivity index (χ1) is 8.56. The molecule has 1 rings (SSSR count). The molecule has 4 heteroatoms. The van der Waals surface area contributed by atoms with Crippen LogP contribution in [0.1, 0.15) is 19.4 Å². The zero-order valence-corrected chi connectivity index (χ0v) is 11.4. The quantitative estimate of drug-likeness (QED) is 0.783. The Bertz CT molecular complexity index is 373. The van der Waals surface area contributed by atoms with Crippen molar-refractivity contribution < 1.29 is 14.3 Å². The molecule has 1 aromatic carbocycles. The molecule has 0 heterocycles. The Labute approximate surface area is 108 Å². The predicted octanol–water partition coefficient (Wildman–Crippen LogP) is 1.78. The third-order valence-corrected chi connectivity index (χ3v) is 2.62. The molecule has 0 aliphatic rings. The third kappa shape index (κ3) is 4.37. The van der Waals surface area contributed by atoms with Gasteiger partial charge in [-0.25, -0.2) is 0 Å². The summed E-state index contributed by atoms with van der Waals surface area (Å²) in [7, 11) is 3.04. The topological polar surface area (TPSA) is 47.6 Å². The van der Waals surface area contributed by atoms with Gasteiger partial charge in [-0.3, -0.25) is 4.79 Å². The standard InChI is InChI=1S/C14H21NO3/c1-10(2)15-13(14(16)18-4)9-11-5-7-12(17-3)8-6-11/h5-8,10,13,15H,9H2,1-4H3. The summed E-state index contributed by atoms with van der Waals surface area (Å²) in [5, 5.41) is 3.20. The number of hydrogen-bond donors (Lipinski definition) is 1. The molecule has 0 radical (unpaired) electrons. The molecule has 0 aliphatic heterocycles. The fourth-order valence-corrected chi connectivity index (χ4v) is 1.75. The Kier molecular flexibility index (Phi) is 5.65. The summed E-state index contributed by atoms with van der Waals surface area (Å²) in [5.41, 5.74) is 1.07. The Morgan fingerprint density at radius 3 is 2.28 bits per heavy atom. The number of carbonyl (C=O) groups excluding carboxylic acids is 1. The lowest BCUT2D eigenvalue weighted by Gasteiger charge is -2.19. The normalized spacial score (nSPS) is 12.3. The van der Waals surface area contributed by atoms with E-state index in [2.05, 4.69) is 5.32 Å². The van der Waals surface area contributed by atoms with Crippen molar-refractivity contribution >= 4 is 5.97 Å². The number of esters is 1. The highest BCUT2D eigenvalue weighted by atomic mass is 16.5. The van der Waals surface area contributed by atoms with Crippen LogP contribution in [0.5, 0.6) is 5.75 Å². The van der Waals surface area contributed by atoms with Crippen LogP contribution < -0.4 is 10.1 Å². The van der Waals surface area contributed by atoms with E-state index in [1.165, 1.54) is 7.11 Å². The second kappa shape index (κ2) is 7.01. The summed E-state index contributed by atoms with van der Waals surface area (Å²) in [6.45, 7) is 4.01. The average molecular weight is 251 g/mol. The summed E-state index contributed by atoms with van der Waals surface area (Å²) < 4.78 is 9.90. The number of ether oxygens (including phenoxy) is 2.